The predicted octanol–water partition coefficient (Wildman–Crippen LogP) is 0.269. The summed E-state index contributed by atoms with van der Waals surface area (Å²) in [5.74, 6) is -2.82. The number of rotatable bonds is 1. The van der Waals surface area contributed by atoms with Crippen LogP contribution in [0.15, 0.2) is 0 Å². The van der Waals surface area contributed by atoms with Gasteiger partial charge in [-0.05, 0) is 6.92 Å². The van der Waals surface area contributed by atoms with Gasteiger partial charge in [-0.25, -0.2) is 4.79 Å². The molecular formula is C8H10N2O4. The van der Waals surface area contributed by atoms with Crippen LogP contribution in [0.2, 0.25) is 0 Å². The number of aromatic carboxylic acids is 1. The van der Waals surface area contributed by atoms with Crippen molar-refractivity contribution in [2.24, 2.45) is 0 Å². The van der Waals surface area contributed by atoms with Crippen molar-refractivity contribution in [2.75, 3.05) is 11.5 Å². The maximum absolute atomic E-state index is 10.6. The summed E-state index contributed by atoms with van der Waals surface area (Å²) in [7, 11) is 0. The van der Waals surface area contributed by atoms with E-state index in [4.69, 9.17) is 16.6 Å². The average Bonchev–Trinajstić information content (AvgIpc) is 2.11. The van der Waals surface area contributed by atoms with Gasteiger partial charge in [0.25, 0.3) is 0 Å². The Hall–Kier alpha value is -2.11. The monoisotopic (exact) mass is 198 g/mol. The Morgan fingerprint density at radius 1 is 1.14 bits per heavy atom. The van der Waals surface area contributed by atoms with Crippen LogP contribution >= 0.6 is 0 Å². The zero-order valence-electron chi connectivity index (χ0n) is 7.40. The maximum atomic E-state index is 10.6. The van der Waals surface area contributed by atoms with Crippen LogP contribution in [0.5, 0.6) is 11.5 Å². The van der Waals surface area contributed by atoms with Crippen molar-refractivity contribution in [3.05, 3.63) is 11.1 Å². The van der Waals surface area contributed by atoms with E-state index >= 15 is 0 Å². The zero-order valence-corrected chi connectivity index (χ0v) is 7.40. The van der Waals surface area contributed by atoms with E-state index in [0.717, 1.165) is 0 Å². The van der Waals surface area contributed by atoms with Crippen molar-refractivity contribution in [3.63, 3.8) is 0 Å². The van der Waals surface area contributed by atoms with Crippen molar-refractivity contribution < 1.29 is 20.1 Å². The van der Waals surface area contributed by atoms with Gasteiger partial charge < -0.3 is 26.8 Å². The summed E-state index contributed by atoms with van der Waals surface area (Å²) < 4.78 is 0. The molecule has 0 heterocycles. The van der Waals surface area contributed by atoms with Crippen LogP contribution in [0, 0.1) is 6.92 Å². The molecule has 0 aromatic heterocycles. The number of aromatic hydroxyl groups is 2. The van der Waals surface area contributed by atoms with Crippen LogP contribution in [0.3, 0.4) is 0 Å². The van der Waals surface area contributed by atoms with E-state index in [2.05, 4.69) is 0 Å². The van der Waals surface area contributed by atoms with Crippen molar-refractivity contribution in [3.8, 4) is 11.5 Å². The van der Waals surface area contributed by atoms with Crippen LogP contribution in [-0.4, -0.2) is 21.3 Å². The van der Waals surface area contributed by atoms with E-state index in [1.54, 1.807) is 0 Å². The van der Waals surface area contributed by atoms with Crippen molar-refractivity contribution in [1.29, 1.82) is 0 Å². The lowest BCUT2D eigenvalue weighted by atomic mass is 10.0. The normalized spacial score (nSPS) is 10.1. The first-order chi connectivity index (χ1) is 6.37. The maximum Gasteiger partial charge on any atom is 0.343 e. The molecule has 0 bridgehead atoms. The SMILES string of the molecule is Cc1c(N)c(O)c(C(=O)O)c(O)c1N. The molecule has 0 aliphatic heterocycles. The molecule has 6 heteroatoms. The summed E-state index contributed by atoms with van der Waals surface area (Å²) in [5, 5.41) is 27.3. The summed E-state index contributed by atoms with van der Waals surface area (Å²) in [4.78, 5) is 10.6. The first-order valence-electron chi connectivity index (χ1n) is 3.70. The van der Waals surface area contributed by atoms with Crippen LogP contribution in [0.1, 0.15) is 15.9 Å². The standard InChI is InChI=1S/C8H10N2O4/c1-2-4(9)6(11)3(8(13)14)7(12)5(2)10/h11-12H,9-10H2,1H3,(H,13,14). The van der Waals surface area contributed by atoms with Gasteiger partial charge in [0.2, 0.25) is 0 Å². The molecule has 0 saturated carbocycles. The summed E-state index contributed by atoms with van der Waals surface area (Å²) in [5.41, 5.74) is 10.1. The summed E-state index contributed by atoms with van der Waals surface area (Å²) >= 11 is 0. The fourth-order valence-corrected chi connectivity index (χ4v) is 1.08. The molecule has 1 aromatic carbocycles. The Morgan fingerprint density at radius 3 is 1.79 bits per heavy atom. The van der Waals surface area contributed by atoms with E-state index in [-0.39, 0.29) is 16.9 Å². The number of nitrogen functional groups attached to an aromatic ring is 2. The molecule has 14 heavy (non-hydrogen) atoms. The van der Waals surface area contributed by atoms with Gasteiger partial charge in [-0.3, -0.25) is 0 Å². The molecule has 0 radical (unpaired) electrons. The van der Waals surface area contributed by atoms with E-state index in [0.29, 0.717) is 0 Å². The fraction of sp³-hybridized carbons (Fsp3) is 0.125. The number of nitrogens with two attached hydrogens (primary N) is 2. The predicted molar refractivity (Wildman–Crippen MR) is 50.3 cm³/mol. The summed E-state index contributed by atoms with van der Waals surface area (Å²) in [6.45, 7) is 1.47. The van der Waals surface area contributed by atoms with E-state index in [9.17, 15) is 15.0 Å². The Morgan fingerprint density at radius 2 is 1.50 bits per heavy atom. The third-order valence-electron chi connectivity index (χ3n) is 2.01. The lowest BCUT2D eigenvalue weighted by molar-refractivity contribution is 0.0690. The number of carbonyl (C=O) groups is 1. The number of benzene rings is 1. The van der Waals surface area contributed by atoms with Crippen LogP contribution in [0.4, 0.5) is 11.4 Å². The number of anilines is 2. The lowest BCUT2D eigenvalue weighted by Crippen LogP contribution is -2.05. The number of phenols is 2. The van der Waals surface area contributed by atoms with Gasteiger partial charge in [0.05, 0.1) is 11.4 Å². The molecule has 0 aliphatic carbocycles. The smallest absolute Gasteiger partial charge is 0.343 e. The molecule has 0 fully saturated rings. The summed E-state index contributed by atoms with van der Waals surface area (Å²) in [6, 6.07) is 0. The van der Waals surface area contributed by atoms with Gasteiger partial charge in [0.15, 0.2) is 11.5 Å². The first-order valence-corrected chi connectivity index (χ1v) is 3.70. The highest BCUT2D eigenvalue weighted by atomic mass is 16.4. The fourth-order valence-electron chi connectivity index (χ4n) is 1.08. The molecule has 1 rings (SSSR count). The molecular weight excluding hydrogens is 188 g/mol. The highest BCUT2D eigenvalue weighted by molar-refractivity contribution is 5.99. The molecule has 6 nitrogen and oxygen atoms in total. The highest BCUT2D eigenvalue weighted by Gasteiger charge is 2.22. The first kappa shape index (κ1) is 9.97. The number of hydrogen-bond donors (Lipinski definition) is 5. The lowest BCUT2D eigenvalue weighted by Gasteiger charge is -2.11. The average molecular weight is 198 g/mol. The van der Waals surface area contributed by atoms with Crippen molar-refractivity contribution >= 4 is 17.3 Å². The van der Waals surface area contributed by atoms with Gasteiger partial charge in [-0.2, -0.15) is 0 Å². The van der Waals surface area contributed by atoms with Crippen LogP contribution < -0.4 is 11.5 Å². The Bertz CT molecular complexity index is 385. The van der Waals surface area contributed by atoms with Crippen molar-refractivity contribution in [1.82, 2.24) is 0 Å². The number of carboxylic acids is 1. The molecule has 7 N–H and O–H groups in total. The summed E-state index contributed by atoms with van der Waals surface area (Å²) in [6.07, 6.45) is 0. The number of hydrogen-bond acceptors (Lipinski definition) is 5. The Balaban J connectivity index is 3.68. The zero-order chi connectivity index (χ0) is 11.0. The second kappa shape index (κ2) is 2.99. The second-order valence-electron chi connectivity index (χ2n) is 2.83. The largest absolute Gasteiger partial charge is 0.505 e. The van der Waals surface area contributed by atoms with Crippen molar-refractivity contribution in [2.45, 2.75) is 6.92 Å². The van der Waals surface area contributed by atoms with E-state index in [1.807, 2.05) is 0 Å². The van der Waals surface area contributed by atoms with Crippen LogP contribution in [-0.2, 0) is 0 Å². The quantitative estimate of drug-likeness (QED) is 0.250. The highest BCUT2D eigenvalue weighted by Crippen LogP contribution is 2.40. The molecule has 0 spiro atoms. The van der Waals surface area contributed by atoms with Gasteiger partial charge in [-0.15, -0.1) is 0 Å². The Kier molecular flexibility index (Phi) is 2.13. The van der Waals surface area contributed by atoms with Gasteiger partial charge in [0.1, 0.15) is 5.56 Å². The third kappa shape index (κ3) is 1.17. The molecule has 0 unspecified atom stereocenters. The van der Waals surface area contributed by atoms with E-state index < -0.39 is 23.0 Å². The number of carboxylic acid groups (broad SMARTS) is 1. The van der Waals surface area contributed by atoms with E-state index in [1.165, 1.54) is 6.92 Å². The molecule has 0 atom stereocenters. The second-order valence-corrected chi connectivity index (χ2v) is 2.83. The van der Waals surface area contributed by atoms with Crippen LogP contribution in [0.25, 0.3) is 0 Å². The minimum absolute atomic E-state index is 0.141. The topological polar surface area (TPSA) is 130 Å². The third-order valence-corrected chi connectivity index (χ3v) is 2.01. The minimum Gasteiger partial charge on any atom is -0.505 e. The molecule has 0 aliphatic rings. The minimum atomic E-state index is -1.49. The Labute approximate surface area is 79.4 Å². The molecule has 0 amide bonds. The van der Waals surface area contributed by atoms with Gasteiger partial charge in [0, 0.05) is 5.56 Å². The molecule has 1 aromatic rings. The molecule has 0 saturated heterocycles. The molecule has 76 valence electrons. The van der Waals surface area contributed by atoms with Gasteiger partial charge in [-0.1, -0.05) is 0 Å². The van der Waals surface area contributed by atoms with Gasteiger partial charge >= 0.3 is 5.97 Å².